The highest BCUT2D eigenvalue weighted by Gasteiger charge is 2.19. The Hall–Kier alpha value is -1.51. The van der Waals surface area contributed by atoms with Gasteiger partial charge in [0.25, 0.3) is 0 Å². The zero-order chi connectivity index (χ0) is 14.3. The van der Waals surface area contributed by atoms with E-state index in [-0.39, 0.29) is 5.41 Å². The van der Waals surface area contributed by atoms with Crippen molar-refractivity contribution in [2.24, 2.45) is 10.4 Å². The number of hydrogen-bond donors (Lipinski definition) is 2. The molecule has 0 bridgehead atoms. The molecule has 1 aromatic rings. The minimum Gasteiger partial charge on any atom is -0.356 e. The second-order valence-electron chi connectivity index (χ2n) is 6.05. The van der Waals surface area contributed by atoms with Crippen LogP contribution in [0.4, 0.5) is 0 Å². The molecule has 3 nitrogen and oxygen atoms in total. The Morgan fingerprint density at radius 1 is 1.21 bits per heavy atom. The molecule has 1 aromatic carbocycles. The number of hydrogen-bond acceptors (Lipinski definition) is 1. The summed E-state index contributed by atoms with van der Waals surface area (Å²) in [5.41, 5.74) is 1.57. The van der Waals surface area contributed by atoms with Gasteiger partial charge in [0.1, 0.15) is 0 Å². The summed E-state index contributed by atoms with van der Waals surface area (Å²) in [6.07, 6.45) is 1.06. The Kier molecular flexibility index (Phi) is 5.87. The molecule has 0 aliphatic carbocycles. The molecule has 0 aliphatic heterocycles. The highest BCUT2D eigenvalue weighted by molar-refractivity contribution is 5.79. The second-order valence-corrected chi connectivity index (χ2v) is 6.05. The molecular formula is C16H27N3. The van der Waals surface area contributed by atoms with Gasteiger partial charge in [0.2, 0.25) is 0 Å². The first-order chi connectivity index (χ1) is 8.93. The van der Waals surface area contributed by atoms with Crippen molar-refractivity contribution in [1.29, 1.82) is 0 Å². The van der Waals surface area contributed by atoms with Gasteiger partial charge >= 0.3 is 0 Å². The average molecular weight is 261 g/mol. The lowest BCUT2D eigenvalue weighted by molar-refractivity contribution is 0.358. The lowest BCUT2D eigenvalue weighted by Crippen LogP contribution is -2.45. The van der Waals surface area contributed by atoms with E-state index in [9.17, 15) is 0 Å². The third kappa shape index (κ3) is 6.27. The molecule has 19 heavy (non-hydrogen) atoms. The molecule has 0 aromatic heterocycles. The molecule has 3 heteroatoms. The Balaban J connectivity index is 2.50. The van der Waals surface area contributed by atoms with E-state index in [0.717, 1.165) is 18.9 Å². The van der Waals surface area contributed by atoms with Crippen molar-refractivity contribution in [3.8, 4) is 0 Å². The third-order valence-electron chi connectivity index (χ3n) is 2.91. The van der Waals surface area contributed by atoms with Crippen LogP contribution in [-0.2, 0) is 6.42 Å². The summed E-state index contributed by atoms with van der Waals surface area (Å²) in [7, 11) is 1.81. The van der Waals surface area contributed by atoms with Crippen LogP contribution in [-0.4, -0.2) is 25.6 Å². The van der Waals surface area contributed by atoms with Crippen molar-refractivity contribution < 1.29 is 0 Å². The lowest BCUT2D eigenvalue weighted by atomic mass is 9.86. The molecular weight excluding hydrogens is 234 g/mol. The van der Waals surface area contributed by atoms with Gasteiger partial charge in [-0.15, -0.1) is 0 Å². The molecule has 0 saturated carbocycles. The standard InChI is InChI=1S/C16H27N3/c1-13(2)19-15(17-5)18-12-16(3,4)11-14-9-7-6-8-10-14/h6-10,13H,11-12H2,1-5H3,(H2,17,18,19). The van der Waals surface area contributed by atoms with Gasteiger partial charge in [-0.1, -0.05) is 44.2 Å². The molecule has 0 heterocycles. The predicted molar refractivity (Wildman–Crippen MR) is 83.6 cm³/mol. The number of rotatable bonds is 5. The Morgan fingerprint density at radius 3 is 2.37 bits per heavy atom. The van der Waals surface area contributed by atoms with E-state index in [2.05, 4.69) is 73.7 Å². The van der Waals surface area contributed by atoms with Gasteiger partial charge in [-0.25, -0.2) is 0 Å². The fraction of sp³-hybridized carbons (Fsp3) is 0.562. The second kappa shape index (κ2) is 7.17. The zero-order valence-electron chi connectivity index (χ0n) is 12.8. The van der Waals surface area contributed by atoms with Crippen molar-refractivity contribution in [3.05, 3.63) is 35.9 Å². The van der Waals surface area contributed by atoms with Gasteiger partial charge in [0, 0.05) is 19.6 Å². The smallest absolute Gasteiger partial charge is 0.191 e. The fourth-order valence-corrected chi connectivity index (χ4v) is 2.00. The van der Waals surface area contributed by atoms with Crippen molar-refractivity contribution in [2.75, 3.05) is 13.6 Å². The van der Waals surface area contributed by atoms with E-state index in [1.807, 2.05) is 7.05 Å². The van der Waals surface area contributed by atoms with E-state index < -0.39 is 0 Å². The maximum atomic E-state index is 4.23. The Morgan fingerprint density at radius 2 is 1.84 bits per heavy atom. The fourth-order valence-electron chi connectivity index (χ4n) is 2.00. The van der Waals surface area contributed by atoms with E-state index in [1.165, 1.54) is 5.56 Å². The Bertz CT molecular complexity index is 394. The maximum absolute atomic E-state index is 4.23. The van der Waals surface area contributed by atoms with Crippen molar-refractivity contribution >= 4 is 5.96 Å². The number of guanidine groups is 1. The van der Waals surface area contributed by atoms with Crippen LogP contribution in [0.1, 0.15) is 33.3 Å². The van der Waals surface area contributed by atoms with Crippen LogP contribution < -0.4 is 10.6 Å². The normalized spacial score (nSPS) is 12.6. The van der Waals surface area contributed by atoms with Crippen LogP contribution in [0.15, 0.2) is 35.3 Å². The summed E-state index contributed by atoms with van der Waals surface area (Å²) in [5, 5.41) is 6.71. The molecule has 0 atom stereocenters. The highest BCUT2D eigenvalue weighted by Crippen LogP contribution is 2.20. The van der Waals surface area contributed by atoms with Crippen LogP contribution >= 0.6 is 0 Å². The van der Waals surface area contributed by atoms with Gasteiger partial charge in [0.05, 0.1) is 0 Å². The van der Waals surface area contributed by atoms with Crippen molar-refractivity contribution in [2.45, 2.75) is 40.2 Å². The zero-order valence-corrected chi connectivity index (χ0v) is 12.8. The molecule has 0 unspecified atom stereocenters. The molecule has 0 radical (unpaired) electrons. The van der Waals surface area contributed by atoms with Gasteiger partial charge in [-0.3, -0.25) is 4.99 Å². The molecule has 0 saturated heterocycles. The topological polar surface area (TPSA) is 36.4 Å². The largest absolute Gasteiger partial charge is 0.356 e. The summed E-state index contributed by atoms with van der Waals surface area (Å²) in [6.45, 7) is 9.67. The number of nitrogens with one attached hydrogen (secondary N) is 2. The number of aliphatic imine (C=N–C) groups is 1. The minimum atomic E-state index is 0.190. The summed E-state index contributed by atoms with van der Waals surface area (Å²) in [6, 6.07) is 11.0. The van der Waals surface area contributed by atoms with Crippen LogP contribution in [0.3, 0.4) is 0 Å². The SMILES string of the molecule is CN=C(NCC(C)(C)Cc1ccccc1)NC(C)C. The summed E-state index contributed by atoms with van der Waals surface area (Å²) >= 11 is 0. The molecule has 0 amide bonds. The van der Waals surface area contributed by atoms with Gasteiger partial charge in [0.15, 0.2) is 5.96 Å². The van der Waals surface area contributed by atoms with Crippen LogP contribution in [0.2, 0.25) is 0 Å². The van der Waals surface area contributed by atoms with Gasteiger partial charge < -0.3 is 10.6 Å². The Labute approximate surface area is 117 Å². The molecule has 0 aliphatic rings. The summed E-state index contributed by atoms with van der Waals surface area (Å²) < 4.78 is 0. The maximum Gasteiger partial charge on any atom is 0.191 e. The molecule has 0 spiro atoms. The monoisotopic (exact) mass is 261 g/mol. The predicted octanol–water partition coefficient (Wildman–Crippen LogP) is 2.83. The van der Waals surface area contributed by atoms with Crippen molar-refractivity contribution in [3.63, 3.8) is 0 Å². The van der Waals surface area contributed by atoms with E-state index in [0.29, 0.717) is 6.04 Å². The highest BCUT2D eigenvalue weighted by atomic mass is 15.2. The first-order valence-corrected chi connectivity index (χ1v) is 6.94. The average Bonchev–Trinajstić information content (AvgIpc) is 2.34. The van der Waals surface area contributed by atoms with Crippen LogP contribution in [0, 0.1) is 5.41 Å². The van der Waals surface area contributed by atoms with Gasteiger partial charge in [-0.2, -0.15) is 0 Å². The molecule has 1 rings (SSSR count). The minimum absolute atomic E-state index is 0.190. The number of benzene rings is 1. The molecule has 0 fully saturated rings. The van der Waals surface area contributed by atoms with Crippen LogP contribution in [0.5, 0.6) is 0 Å². The van der Waals surface area contributed by atoms with Gasteiger partial charge in [-0.05, 0) is 31.2 Å². The van der Waals surface area contributed by atoms with Crippen molar-refractivity contribution in [1.82, 2.24) is 10.6 Å². The summed E-state index contributed by atoms with van der Waals surface area (Å²) in [5.74, 6) is 0.871. The first-order valence-electron chi connectivity index (χ1n) is 6.94. The first kappa shape index (κ1) is 15.5. The van der Waals surface area contributed by atoms with E-state index >= 15 is 0 Å². The van der Waals surface area contributed by atoms with E-state index in [4.69, 9.17) is 0 Å². The third-order valence-corrected chi connectivity index (χ3v) is 2.91. The van der Waals surface area contributed by atoms with E-state index in [1.54, 1.807) is 0 Å². The lowest BCUT2D eigenvalue weighted by Gasteiger charge is -2.26. The summed E-state index contributed by atoms with van der Waals surface area (Å²) in [4.78, 5) is 4.23. The number of nitrogens with zero attached hydrogens (tertiary/aromatic N) is 1. The quantitative estimate of drug-likeness (QED) is 0.631. The molecule has 2 N–H and O–H groups in total. The van der Waals surface area contributed by atoms with Crippen LogP contribution in [0.25, 0.3) is 0 Å². The molecule has 106 valence electrons.